The van der Waals surface area contributed by atoms with Crippen LogP contribution in [0.2, 0.25) is 0 Å². The largest absolute Gasteiger partial charge is 0.361 e. The van der Waals surface area contributed by atoms with Crippen LogP contribution in [0.3, 0.4) is 0 Å². The first kappa shape index (κ1) is 16.7. The summed E-state index contributed by atoms with van der Waals surface area (Å²) in [6.07, 6.45) is 2.06. The number of hydrogen-bond acceptors (Lipinski definition) is 7. The van der Waals surface area contributed by atoms with E-state index in [0.29, 0.717) is 5.92 Å². The molecule has 0 amide bonds. The van der Waals surface area contributed by atoms with Gasteiger partial charge in [-0.05, 0) is 53.1 Å². The molecule has 7 nitrogen and oxygen atoms in total. The van der Waals surface area contributed by atoms with Gasteiger partial charge in [0.25, 0.3) is 0 Å². The second-order valence-electron chi connectivity index (χ2n) is 7.80. The topological polar surface area (TPSA) is 71.4 Å². The molecule has 2 saturated heterocycles. The average molecular weight is 345 g/mol. The van der Waals surface area contributed by atoms with Crippen molar-refractivity contribution in [1.82, 2.24) is 25.1 Å². The Morgan fingerprint density at radius 1 is 1.16 bits per heavy atom. The van der Waals surface area contributed by atoms with Crippen LogP contribution < -0.4 is 0 Å². The molecule has 0 bridgehead atoms. The molecule has 25 heavy (non-hydrogen) atoms. The molecule has 0 N–H and O–H groups in total. The summed E-state index contributed by atoms with van der Waals surface area (Å²) in [4.78, 5) is 9.59. The van der Waals surface area contributed by atoms with Crippen molar-refractivity contribution >= 4 is 0 Å². The van der Waals surface area contributed by atoms with Crippen molar-refractivity contribution < 1.29 is 9.05 Å². The van der Waals surface area contributed by atoms with Crippen molar-refractivity contribution in [3.05, 3.63) is 28.7 Å². The van der Waals surface area contributed by atoms with E-state index < -0.39 is 0 Å². The monoisotopic (exact) mass is 345 g/mol. The summed E-state index contributed by atoms with van der Waals surface area (Å²) in [5.74, 6) is 3.05. The molecule has 0 saturated carbocycles. The number of aromatic nitrogens is 3. The molecule has 2 aliphatic rings. The lowest BCUT2D eigenvalue weighted by Gasteiger charge is -2.39. The van der Waals surface area contributed by atoms with E-state index in [1.54, 1.807) is 0 Å². The third-order valence-corrected chi connectivity index (χ3v) is 6.05. The lowest BCUT2D eigenvalue weighted by atomic mass is 9.72. The molecule has 0 aromatic carbocycles. The molecule has 2 atom stereocenters. The van der Waals surface area contributed by atoms with E-state index in [1.807, 2.05) is 20.8 Å². The number of likely N-dealkylation sites (tertiary alicyclic amines) is 2. The Labute approximate surface area is 148 Å². The molecule has 7 heteroatoms. The summed E-state index contributed by atoms with van der Waals surface area (Å²) in [6, 6.07) is 0. The second kappa shape index (κ2) is 6.21. The van der Waals surface area contributed by atoms with Crippen molar-refractivity contribution in [3.8, 4) is 0 Å². The number of piperidine rings is 1. The van der Waals surface area contributed by atoms with Crippen LogP contribution in [0.1, 0.15) is 35.2 Å². The van der Waals surface area contributed by atoms with Crippen molar-refractivity contribution in [2.75, 3.05) is 39.8 Å². The highest BCUT2D eigenvalue weighted by Gasteiger charge is 2.53. The van der Waals surface area contributed by atoms with Crippen LogP contribution in [0.5, 0.6) is 0 Å². The first-order valence-electron chi connectivity index (χ1n) is 9.11. The maximum atomic E-state index is 5.65. The number of nitrogens with zero attached hydrogens (tertiary/aromatic N) is 5. The van der Waals surface area contributed by atoms with Gasteiger partial charge in [-0.2, -0.15) is 4.98 Å². The average Bonchev–Trinajstić information content (AvgIpc) is 3.24. The van der Waals surface area contributed by atoms with E-state index >= 15 is 0 Å². The fourth-order valence-electron chi connectivity index (χ4n) is 4.60. The third-order valence-electron chi connectivity index (χ3n) is 6.05. The smallest absolute Gasteiger partial charge is 0.234 e. The SMILES string of the molecule is Cc1noc([C@@]23CCN(C)C[C@@H]2CN(CCc2c(C)noc2C)C3)n1. The van der Waals surface area contributed by atoms with Crippen LogP contribution in [0.25, 0.3) is 0 Å². The standard InChI is InChI=1S/C18H27N5O2/c1-12-16(13(2)24-20-12)5-7-23-10-15-9-22(4)8-6-18(15,11-23)17-19-14(3)21-25-17/h15H,5-11H2,1-4H3/t15-,18-/m1/s1. The van der Waals surface area contributed by atoms with E-state index in [2.05, 4.69) is 32.1 Å². The van der Waals surface area contributed by atoms with Gasteiger partial charge in [0.05, 0.1) is 11.1 Å². The summed E-state index contributed by atoms with van der Waals surface area (Å²) < 4.78 is 11.0. The zero-order chi connectivity index (χ0) is 17.6. The summed E-state index contributed by atoms with van der Waals surface area (Å²) in [5.41, 5.74) is 2.26. The molecule has 4 heterocycles. The fraction of sp³-hybridized carbons (Fsp3) is 0.722. The summed E-state index contributed by atoms with van der Waals surface area (Å²) in [6.45, 7) is 11.2. The lowest BCUT2D eigenvalue weighted by Crippen LogP contribution is -2.48. The first-order chi connectivity index (χ1) is 12.0. The van der Waals surface area contributed by atoms with Crippen LogP contribution in [0.4, 0.5) is 0 Å². The molecular weight excluding hydrogens is 318 g/mol. The zero-order valence-electron chi connectivity index (χ0n) is 15.6. The van der Waals surface area contributed by atoms with Crippen molar-refractivity contribution in [2.24, 2.45) is 5.92 Å². The second-order valence-corrected chi connectivity index (χ2v) is 7.80. The highest BCUT2D eigenvalue weighted by atomic mass is 16.5. The minimum atomic E-state index is 0.00645. The molecule has 4 rings (SSSR count). The third kappa shape index (κ3) is 2.89. The van der Waals surface area contributed by atoms with Gasteiger partial charge in [-0.25, -0.2) is 0 Å². The highest BCUT2D eigenvalue weighted by molar-refractivity contribution is 5.22. The van der Waals surface area contributed by atoms with Gasteiger partial charge in [-0.15, -0.1) is 0 Å². The van der Waals surface area contributed by atoms with E-state index in [-0.39, 0.29) is 5.41 Å². The molecule has 0 unspecified atom stereocenters. The molecule has 0 spiro atoms. The van der Waals surface area contributed by atoms with Crippen molar-refractivity contribution in [1.29, 1.82) is 0 Å². The maximum Gasteiger partial charge on any atom is 0.234 e. The minimum Gasteiger partial charge on any atom is -0.361 e. The van der Waals surface area contributed by atoms with Gasteiger partial charge in [-0.1, -0.05) is 10.3 Å². The predicted octanol–water partition coefficient (Wildman–Crippen LogP) is 1.73. The summed E-state index contributed by atoms with van der Waals surface area (Å²) in [5, 5.41) is 8.14. The molecule has 2 aromatic rings. The number of aryl methyl sites for hydroxylation is 3. The van der Waals surface area contributed by atoms with Gasteiger partial charge in [0.15, 0.2) is 5.82 Å². The maximum absolute atomic E-state index is 5.65. The molecule has 2 aromatic heterocycles. The lowest BCUT2D eigenvalue weighted by molar-refractivity contribution is 0.118. The Hall–Kier alpha value is -1.73. The Morgan fingerprint density at radius 2 is 2.00 bits per heavy atom. The van der Waals surface area contributed by atoms with Crippen LogP contribution >= 0.6 is 0 Å². The van der Waals surface area contributed by atoms with Gasteiger partial charge in [0.1, 0.15) is 5.76 Å². The Balaban J connectivity index is 1.53. The van der Waals surface area contributed by atoms with Crippen LogP contribution in [0, 0.1) is 26.7 Å². The molecular formula is C18H27N5O2. The summed E-state index contributed by atoms with van der Waals surface area (Å²) >= 11 is 0. The quantitative estimate of drug-likeness (QED) is 0.835. The normalized spacial score (nSPS) is 27.8. The molecule has 2 aliphatic heterocycles. The Kier molecular flexibility index (Phi) is 4.16. The Morgan fingerprint density at radius 3 is 2.68 bits per heavy atom. The van der Waals surface area contributed by atoms with E-state index in [0.717, 1.165) is 68.7 Å². The van der Waals surface area contributed by atoms with E-state index in [9.17, 15) is 0 Å². The molecule has 2 fully saturated rings. The van der Waals surface area contributed by atoms with Crippen LogP contribution in [-0.2, 0) is 11.8 Å². The van der Waals surface area contributed by atoms with Gasteiger partial charge in [0, 0.05) is 31.7 Å². The van der Waals surface area contributed by atoms with Gasteiger partial charge < -0.3 is 18.8 Å². The first-order valence-corrected chi connectivity index (χ1v) is 9.11. The number of fused-ring (bicyclic) bond motifs is 1. The summed E-state index contributed by atoms with van der Waals surface area (Å²) in [7, 11) is 2.20. The van der Waals surface area contributed by atoms with Crippen molar-refractivity contribution in [3.63, 3.8) is 0 Å². The highest BCUT2D eigenvalue weighted by Crippen LogP contribution is 2.44. The van der Waals surface area contributed by atoms with E-state index in [4.69, 9.17) is 9.05 Å². The van der Waals surface area contributed by atoms with Crippen LogP contribution in [-0.4, -0.2) is 64.9 Å². The van der Waals surface area contributed by atoms with Crippen LogP contribution in [0.15, 0.2) is 9.05 Å². The molecule has 0 aliphatic carbocycles. The van der Waals surface area contributed by atoms with Gasteiger partial charge in [0.2, 0.25) is 5.89 Å². The number of rotatable bonds is 4. The molecule has 0 radical (unpaired) electrons. The fourth-order valence-corrected chi connectivity index (χ4v) is 4.60. The zero-order valence-corrected chi connectivity index (χ0v) is 15.6. The predicted molar refractivity (Wildman–Crippen MR) is 92.4 cm³/mol. The Bertz CT molecular complexity index is 735. The molecule has 136 valence electrons. The van der Waals surface area contributed by atoms with E-state index in [1.165, 1.54) is 5.56 Å². The van der Waals surface area contributed by atoms with Gasteiger partial charge >= 0.3 is 0 Å². The van der Waals surface area contributed by atoms with Crippen molar-refractivity contribution in [2.45, 2.75) is 39.0 Å². The van der Waals surface area contributed by atoms with Gasteiger partial charge in [-0.3, -0.25) is 0 Å². The minimum absolute atomic E-state index is 0.00645. The number of hydrogen-bond donors (Lipinski definition) is 0.